The van der Waals surface area contributed by atoms with Crippen LogP contribution in [-0.4, -0.2) is 16.5 Å². The molecule has 0 saturated heterocycles. The number of rotatable bonds is 5. The summed E-state index contributed by atoms with van der Waals surface area (Å²) in [5.74, 6) is -0.0382. The third-order valence-corrected chi connectivity index (χ3v) is 6.51. The Bertz CT molecular complexity index is 969. The number of hydrogen-bond donors (Lipinski definition) is 3. The number of nitrogens with one attached hydrogen (secondary N) is 3. The SMILES string of the molecule is Cc1ccc(N[S+](=O)([O-])c2cc3c(cc2NC2CC2)NC(=O)CC3)cc1C. The quantitative estimate of drug-likeness (QED) is 0.683. The molecule has 0 radical (unpaired) electrons. The van der Waals surface area contributed by atoms with Crippen molar-refractivity contribution in [3.63, 3.8) is 0 Å². The number of hydrogen-bond acceptors (Lipinski definition) is 4. The van der Waals surface area contributed by atoms with Gasteiger partial charge in [0.25, 0.3) is 0 Å². The average molecular weight is 385 g/mol. The number of aryl methyl sites for hydroxylation is 3. The molecule has 27 heavy (non-hydrogen) atoms. The van der Waals surface area contributed by atoms with Gasteiger partial charge in [-0.3, -0.25) is 4.79 Å². The molecule has 1 amide bonds. The van der Waals surface area contributed by atoms with E-state index in [1.807, 2.05) is 26.0 Å². The van der Waals surface area contributed by atoms with E-state index in [4.69, 9.17) is 0 Å². The van der Waals surface area contributed by atoms with Crippen molar-refractivity contribution in [3.05, 3.63) is 47.0 Å². The molecule has 142 valence electrons. The number of amides is 1. The third-order valence-electron chi connectivity index (χ3n) is 5.09. The van der Waals surface area contributed by atoms with Crippen LogP contribution in [0.15, 0.2) is 35.2 Å². The van der Waals surface area contributed by atoms with Crippen LogP contribution in [0.1, 0.15) is 36.0 Å². The van der Waals surface area contributed by atoms with E-state index in [0.717, 1.165) is 29.5 Å². The van der Waals surface area contributed by atoms with Gasteiger partial charge in [-0.25, -0.2) is 4.72 Å². The van der Waals surface area contributed by atoms with Crippen LogP contribution in [0.2, 0.25) is 0 Å². The molecule has 0 bridgehead atoms. The zero-order valence-corrected chi connectivity index (χ0v) is 16.2. The fourth-order valence-corrected chi connectivity index (χ4v) is 4.46. The van der Waals surface area contributed by atoms with Gasteiger partial charge in [-0.1, -0.05) is 10.3 Å². The third kappa shape index (κ3) is 3.84. The van der Waals surface area contributed by atoms with Crippen molar-refractivity contribution < 1.29 is 13.6 Å². The maximum Gasteiger partial charge on any atom is 0.224 e. The van der Waals surface area contributed by atoms with Gasteiger partial charge >= 0.3 is 0 Å². The first-order valence-electron chi connectivity index (χ1n) is 9.15. The molecular weight excluding hydrogens is 362 g/mol. The summed E-state index contributed by atoms with van der Waals surface area (Å²) in [5, 5.41) is 6.13. The fourth-order valence-electron chi connectivity index (χ4n) is 3.20. The Hall–Kier alpha value is -2.38. The number of carbonyl (C=O) groups excluding carboxylic acids is 1. The highest BCUT2D eigenvalue weighted by molar-refractivity contribution is 7.99. The molecular formula is C20H23N3O3S. The van der Waals surface area contributed by atoms with E-state index in [1.165, 1.54) is 0 Å². The highest BCUT2D eigenvalue weighted by Crippen LogP contribution is 2.37. The summed E-state index contributed by atoms with van der Waals surface area (Å²) in [4.78, 5) is 11.9. The molecule has 2 aliphatic rings. The van der Waals surface area contributed by atoms with Crippen LogP contribution in [0, 0.1) is 13.8 Å². The lowest BCUT2D eigenvalue weighted by atomic mass is 10.0. The van der Waals surface area contributed by atoms with Gasteiger partial charge < -0.3 is 15.2 Å². The number of benzene rings is 2. The van der Waals surface area contributed by atoms with Crippen LogP contribution in [0.4, 0.5) is 17.1 Å². The second-order valence-corrected chi connectivity index (χ2v) is 9.03. The summed E-state index contributed by atoms with van der Waals surface area (Å²) >= 11 is 0. The molecule has 3 N–H and O–H groups in total. The Morgan fingerprint density at radius 1 is 1.11 bits per heavy atom. The molecule has 1 heterocycles. The zero-order valence-electron chi connectivity index (χ0n) is 15.4. The Labute approximate surface area is 160 Å². The molecule has 4 rings (SSSR count). The Balaban J connectivity index is 1.72. The predicted molar refractivity (Wildman–Crippen MR) is 107 cm³/mol. The van der Waals surface area contributed by atoms with Gasteiger partial charge in [-0.05, 0) is 68.0 Å². The monoisotopic (exact) mass is 385 g/mol. The first-order valence-corrected chi connectivity index (χ1v) is 10.6. The summed E-state index contributed by atoms with van der Waals surface area (Å²) < 4.78 is 29.0. The van der Waals surface area contributed by atoms with Crippen molar-refractivity contribution in [1.29, 1.82) is 0 Å². The van der Waals surface area contributed by atoms with Crippen LogP contribution in [-0.2, 0) is 25.8 Å². The predicted octanol–water partition coefficient (Wildman–Crippen LogP) is 3.78. The van der Waals surface area contributed by atoms with Crippen LogP contribution in [0.3, 0.4) is 0 Å². The van der Waals surface area contributed by atoms with Gasteiger partial charge in [0.05, 0.1) is 11.4 Å². The molecule has 0 aromatic heterocycles. The summed E-state index contributed by atoms with van der Waals surface area (Å²) in [7, 11) is -3.76. The standard InChI is InChI=1S/C20H23N3O3S/c1-12-3-5-16(9-13(12)2)23-27(25,26)19-10-14-4-8-20(24)22-17(14)11-18(19)21-15-6-7-15/h3,5,9-11,15H,4,6-8H2,1-2H3,(H3-,21,22,23,24,25,26). The number of fused-ring (bicyclic) bond motifs is 1. The van der Waals surface area contributed by atoms with Crippen molar-refractivity contribution in [2.24, 2.45) is 0 Å². The zero-order chi connectivity index (χ0) is 19.2. The van der Waals surface area contributed by atoms with Crippen molar-refractivity contribution >= 4 is 33.4 Å². The van der Waals surface area contributed by atoms with Crippen LogP contribution >= 0.6 is 0 Å². The Morgan fingerprint density at radius 3 is 2.59 bits per heavy atom. The second-order valence-electron chi connectivity index (χ2n) is 7.38. The first-order chi connectivity index (χ1) is 12.8. The van der Waals surface area contributed by atoms with E-state index in [0.29, 0.717) is 29.9 Å². The minimum Gasteiger partial charge on any atom is -0.588 e. The van der Waals surface area contributed by atoms with E-state index in [9.17, 15) is 13.6 Å². The number of anilines is 3. The maximum absolute atomic E-state index is 13.1. The van der Waals surface area contributed by atoms with Gasteiger partial charge in [0, 0.05) is 24.2 Å². The van der Waals surface area contributed by atoms with E-state index in [2.05, 4.69) is 15.4 Å². The van der Waals surface area contributed by atoms with Crippen molar-refractivity contribution in [1.82, 2.24) is 0 Å². The lowest BCUT2D eigenvalue weighted by Gasteiger charge is -2.23. The molecule has 1 fully saturated rings. The maximum atomic E-state index is 13.1. The molecule has 1 aliphatic heterocycles. The van der Waals surface area contributed by atoms with Crippen LogP contribution in [0.5, 0.6) is 0 Å². The molecule has 1 atom stereocenters. The van der Waals surface area contributed by atoms with Crippen molar-refractivity contribution in [2.75, 3.05) is 15.4 Å². The van der Waals surface area contributed by atoms with E-state index < -0.39 is 10.4 Å². The summed E-state index contributed by atoms with van der Waals surface area (Å²) in [6.45, 7) is 3.94. The first kappa shape index (κ1) is 18.0. The smallest absolute Gasteiger partial charge is 0.224 e. The van der Waals surface area contributed by atoms with Crippen LogP contribution in [0.25, 0.3) is 0 Å². The Morgan fingerprint density at radius 2 is 1.89 bits per heavy atom. The van der Waals surface area contributed by atoms with E-state index in [-0.39, 0.29) is 16.8 Å². The summed E-state index contributed by atoms with van der Waals surface area (Å²) in [6.07, 6.45) is 2.95. The molecule has 1 aliphatic carbocycles. The molecule has 1 unspecified atom stereocenters. The number of carbonyl (C=O) groups is 1. The van der Waals surface area contributed by atoms with Gasteiger partial charge in [-0.15, -0.1) is 0 Å². The van der Waals surface area contributed by atoms with Gasteiger partial charge in [0.15, 0.2) is 10.4 Å². The topological polar surface area (TPSA) is 93.3 Å². The average Bonchev–Trinajstić information content (AvgIpc) is 3.41. The summed E-state index contributed by atoms with van der Waals surface area (Å²) in [5.41, 5.74) is 4.76. The Kier molecular flexibility index (Phi) is 4.44. The highest BCUT2D eigenvalue weighted by Gasteiger charge is 2.31. The number of sulfonamides is 1. The second kappa shape index (κ2) is 6.65. The van der Waals surface area contributed by atoms with E-state index >= 15 is 0 Å². The normalized spacial score (nSPS) is 18.3. The largest absolute Gasteiger partial charge is 0.588 e. The lowest BCUT2D eigenvalue weighted by molar-refractivity contribution is -0.116. The lowest BCUT2D eigenvalue weighted by Crippen LogP contribution is -2.25. The molecule has 0 spiro atoms. The highest BCUT2D eigenvalue weighted by atomic mass is 32.3. The minimum absolute atomic E-state index is 0.0382. The van der Waals surface area contributed by atoms with Crippen molar-refractivity contribution in [2.45, 2.75) is 50.5 Å². The molecule has 2 aromatic carbocycles. The van der Waals surface area contributed by atoms with Crippen LogP contribution < -0.4 is 15.4 Å². The van der Waals surface area contributed by atoms with E-state index in [1.54, 1.807) is 18.2 Å². The molecule has 6 nitrogen and oxygen atoms in total. The van der Waals surface area contributed by atoms with Gasteiger partial charge in [0.1, 0.15) is 0 Å². The van der Waals surface area contributed by atoms with Gasteiger partial charge in [-0.2, -0.15) is 0 Å². The molecule has 7 heteroatoms. The molecule has 1 saturated carbocycles. The van der Waals surface area contributed by atoms with Crippen molar-refractivity contribution in [3.8, 4) is 0 Å². The minimum atomic E-state index is -3.76. The van der Waals surface area contributed by atoms with Gasteiger partial charge in [0.2, 0.25) is 10.8 Å². The summed E-state index contributed by atoms with van der Waals surface area (Å²) in [6, 6.07) is 9.23. The fraction of sp³-hybridized carbons (Fsp3) is 0.350. The molecule has 2 aromatic rings.